The van der Waals surface area contributed by atoms with Gasteiger partial charge in [0.25, 0.3) is 0 Å². The number of nitrogens with zero attached hydrogens (tertiary/aromatic N) is 2. The van der Waals surface area contributed by atoms with E-state index in [9.17, 15) is 0 Å². The van der Waals surface area contributed by atoms with Crippen LogP contribution < -0.4 is 5.73 Å². The Hall–Kier alpha value is -1.47. The topological polar surface area (TPSA) is 62.7 Å². The zero-order valence-electron chi connectivity index (χ0n) is 9.62. The van der Waals surface area contributed by atoms with Gasteiger partial charge in [-0.25, -0.2) is 4.98 Å². The quantitative estimate of drug-likeness (QED) is 0.838. The van der Waals surface area contributed by atoms with E-state index < -0.39 is 0 Å². The van der Waals surface area contributed by atoms with Gasteiger partial charge in [-0.3, -0.25) is 0 Å². The molecule has 2 N–H and O–H groups in total. The Morgan fingerprint density at radius 2 is 1.74 bits per heavy atom. The summed E-state index contributed by atoms with van der Waals surface area (Å²) in [6.07, 6.45) is 1.81. The van der Waals surface area contributed by atoms with Crippen molar-refractivity contribution < 1.29 is 0 Å². The number of pyridine rings is 1. The van der Waals surface area contributed by atoms with Crippen LogP contribution in [0.4, 0.5) is 5.82 Å². The highest BCUT2D eigenvalue weighted by Crippen LogP contribution is 2.37. The van der Waals surface area contributed by atoms with Crippen molar-refractivity contribution in [2.45, 2.75) is 6.42 Å². The molecule has 0 aliphatic rings. The summed E-state index contributed by atoms with van der Waals surface area (Å²) in [4.78, 5) is 4.06. The average Bonchev–Trinajstić information content (AvgIpc) is 2.37. The Bertz CT molecular complexity index is 678. The Balaban J connectivity index is 2.61. The van der Waals surface area contributed by atoms with Gasteiger partial charge in [0, 0.05) is 17.3 Å². The predicted octanol–water partition coefficient (Wildman–Crippen LogP) is 4.36. The van der Waals surface area contributed by atoms with Crippen LogP contribution in [0.15, 0.2) is 24.4 Å². The van der Waals surface area contributed by atoms with Gasteiger partial charge in [-0.15, -0.1) is 0 Å². The van der Waals surface area contributed by atoms with Crippen molar-refractivity contribution in [1.29, 1.82) is 5.26 Å². The third-order valence-electron chi connectivity index (χ3n) is 2.56. The lowest BCUT2D eigenvalue weighted by atomic mass is 10.0. The number of anilines is 1. The van der Waals surface area contributed by atoms with Crippen LogP contribution in [0, 0.1) is 11.3 Å². The number of nitriles is 1. The smallest absolute Gasteiger partial charge is 0.131 e. The molecule has 0 saturated heterocycles. The molecule has 0 aliphatic heterocycles. The standard InChI is InChI=1S/C13H8Cl3N3/c14-10-5-12(16)11(15)4-8(10)9-3-7(1-2-17)6-19-13(9)18/h3-6H,1H2,(H2,18,19). The molecule has 1 aromatic heterocycles. The van der Waals surface area contributed by atoms with Crippen LogP contribution in [0.25, 0.3) is 11.1 Å². The normalized spacial score (nSPS) is 10.2. The molecule has 0 fully saturated rings. The van der Waals surface area contributed by atoms with Crippen LogP contribution in [0.1, 0.15) is 5.56 Å². The second-order valence-corrected chi connectivity index (χ2v) is 5.08. The first-order valence-corrected chi connectivity index (χ1v) is 6.42. The Morgan fingerprint density at radius 1 is 1.05 bits per heavy atom. The molecule has 0 saturated carbocycles. The third-order valence-corrected chi connectivity index (χ3v) is 3.59. The number of hydrogen-bond donors (Lipinski definition) is 1. The summed E-state index contributed by atoms with van der Waals surface area (Å²) in [7, 11) is 0. The van der Waals surface area contributed by atoms with Crippen molar-refractivity contribution in [2.75, 3.05) is 5.73 Å². The molecule has 0 atom stereocenters. The van der Waals surface area contributed by atoms with E-state index in [0.29, 0.717) is 32.0 Å². The zero-order chi connectivity index (χ0) is 14.0. The molecule has 0 spiro atoms. The molecule has 96 valence electrons. The summed E-state index contributed by atoms with van der Waals surface area (Å²) in [6.45, 7) is 0. The SMILES string of the molecule is N#CCc1cnc(N)c(-c2cc(Cl)c(Cl)cc2Cl)c1. The summed E-state index contributed by atoms with van der Waals surface area (Å²) in [5.41, 5.74) is 7.88. The van der Waals surface area contributed by atoms with Gasteiger partial charge < -0.3 is 5.73 Å². The lowest BCUT2D eigenvalue weighted by molar-refractivity contribution is 1.20. The fourth-order valence-corrected chi connectivity index (χ4v) is 2.30. The molecule has 19 heavy (non-hydrogen) atoms. The molecule has 0 radical (unpaired) electrons. The summed E-state index contributed by atoms with van der Waals surface area (Å²) >= 11 is 18.0. The van der Waals surface area contributed by atoms with Gasteiger partial charge in [0.15, 0.2) is 0 Å². The van der Waals surface area contributed by atoms with Crippen molar-refractivity contribution in [2.24, 2.45) is 0 Å². The van der Waals surface area contributed by atoms with E-state index in [0.717, 1.165) is 5.56 Å². The number of nitrogen functional groups attached to an aromatic ring is 1. The minimum atomic E-state index is 0.249. The van der Waals surface area contributed by atoms with Crippen molar-refractivity contribution in [3.63, 3.8) is 0 Å². The molecule has 0 aliphatic carbocycles. The first-order valence-electron chi connectivity index (χ1n) is 5.29. The first kappa shape index (κ1) is 14.0. The predicted molar refractivity (Wildman–Crippen MR) is 78.4 cm³/mol. The van der Waals surface area contributed by atoms with Crippen LogP contribution in [0.2, 0.25) is 15.1 Å². The molecule has 0 unspecified atom stereocenters. The number of hydrogen-bond acceptors (Lipinski definition) is 3. The van der Waals surface area contributed by atoms with Gasteiger partial charge in [0.2, 0.25) is 0 Å². The monoisotopic (exact) mass is 311 g/mol. The van der Waals surface area contributed by atoms with E-state index in [2.05, 4.69) is 11.1 Å². The van der Waals surface area contributed by atoms with Crippen LogP contribution in [0.3, 0.4) is 0 Å². The second kappa shape index (κ2) is 5.66. The van der Waals surface area contributed by atoms with E-state index in [1.807, 2.05) is 0 Å². The van der Waals surface area contributed by atoms with E-state index >= 15 is 0 Å². The van der Waals surface area contributed by atoms with Gasteiger partial charge in [0.05, 0.1) is 27.6 Å². The van der Waals surface area contributed by atoms with Crippen LogP contribution >= 0.6 is 34.8 Å². The van der Waals surface area contributed by atoms with Crippen molar-refractivity contribution in [1.82, 2.24) is 4.98 Å². The van der Waals surface area contributed by atoms with Crippen LogP contribution in [0.5, 0.6) is 0 Å². The Labute approximate surface area is 125 Å². The number of benzene rings is 1. The minimum absolute atomic E-state index is 0.249. The number of nitrogens with two attached hydrogens (primary N) is 1. The van der Waals surface area contributed by atoms with Crippen LogP contribution in [-0.2, 0) is 6.42 Å². The number of rotatable bonds is 2. The van der Waals surface area contributed by atoms with Crippen molar-refractivity contribution >= 4 is 40.6 Å². The fourth-order valence-electron chi connectivity index (χ4n) is 1.65. The summed E-state index contributed by atoms with van der Waals surface area (Å²) in [5, 5.41) is 9.89. The largest absolute Gasteiger partial charge is 0.383 e. The Kier molecular flexibility index (Phi) is 4.16. The number of halogens is 3. The third kappa shape index (κ3) is 2.93. The van der Waals surface area contributed by atoms with Crippen LogP contribution in [-0.4, -0.2) is 4.98 Å². The molecule has 1 heterocycles. The second-order valence-electron chi connectivity index (χ2n) is 3.86. The molecule has 0 bridgehead atoms. The maximum Gasteiger partial charge on any atom is 0.131 e. The summed E-state index contributed by atoms with van der Waals surface area (Å²) in [5.74, 6) is 0.321. The molecular formula is C13H8Cl3N3. The molecule has 6 heteroatoms. The summed E-state index contributed by atoms with van der Waals surface area (Å²) in [6, 6.07) is 7.02. The summed E-state index contributed by atoms with van der Waals surface area (Å²) < 4.78 is 0. The number of aromatic nitrogens is 1. The first-order chi connectivity index (χ1) is 9.02. The van der Waals surface area contributed by atoms with Gasteiger partial charge in [-0.2, -0.15) is 5.26 Å². The maximum atomic E-state index is 8.71. The van der Waals surface area contributed by atoms with Gasteiger partial charge in [-0.1, -0.05) is 34.8 Å². The highest BCUT2D eigenvalue weighted by molar-refractivity contribution is 6.44. The highest BCUT2D eigenvalue weighted by Gasteiger charge is 2.12. The van der Waals surface area contributed by atoms with E-state index in [4.69, 9.17) is 45.8 Å². The van der Waals surface area contributed by atoms with Crippen molar-refractivity contribution in [3.8, 4) is 17.2 Å². The molecule has 0 amide bonds. The lowest BCUT2D eigenvalue weighted by Crippen LogP contribution is -1.97. The molecule has 1 aromatic carbocycles. The molecule has 3 nitrogen and oxygen atoms in total. The lowest BCUT2D eigenvalue weighted by Gasteiger charge is -2.10. The van der Waals surface area contributed by atoms with Gasteiger partial charge >= 0.3 is 0 Å². The highest BCUT2D eigenvalue weighted by atomic mass is 35.5. The van der Waals surface area contributed by atoms with Crippen molar-refractivity contribution in [3.05, 3.63) is 45.0 Å². The van der Waals surface area contributed by atoms with E-state index in [1.54, 1.807) is 24.4 Å². The van der Waals surface area contributed by atoms with E-state index in [1.165, 1.54) is 0 Å². The fraction of sp³-hybridized carbons (Fsp3) is 0.0769. The Morgan fingerprint density at radius 3 is 2.42 bits per heavy atom. The van der Waals surface area contributed by atoms with E-state index in [-0.39, 0.29) is 6.42 Å². The minimum Gasteiger partial charge on any atom is -0.383 e. The average molecular weight is 313 g/mol. The molecule has 2 aromatic rings. The molecule has 2 rings (SSSR count). The van der Waals surface area contributed by atoms with Gasteiger partial charge in [0.1, 0.15) is 5.82 Å². The van der Waals surface area contributed by atoms with Gasteiger partial charge in [-0.05, 0) is 23.8 Å². The maximum absolute atomic E-state index is 8.71. The zero-order valence-corrected chi connectivity index (χ0v) is 11.9. The molecular weight excluding hydrogens is 305 g/mol.